The highest BCUT2D eigenvalue weighted by atomic mass is 16.5. The molecule has 146 valence electrons. The normalized spacial score (nSPS) is 17.5. The molecule has 0 saturated heterocycles. The Labute approximate surface area is 158 Å². The van der Waals surface area contributed by atoms with E-state index < -0.39 is 0 Å². The highest BCUT2D eigenvalue weighted by molar-refractivity contribution is 5.97. The fourth-order valence-corrected chi connectivity index (χ4v) is 2.54. The Morgan fingerprint density at radius 3 is 2.30 bits per heavy atom. The maximum absolute atomic E-state index is 8.66. The van der Waals surface area contributed by atoms with Gasteiger partial charge in [0.05, 0.1) is 13.2 Å². The predicted molar refractivity (Wildman–Crippen MR) is 103 cm³/mol. The lowest BCUT2D eigenvalue weighted by Crippen LogP contribution is -2.23. The van der Waals surface area contributed by atoms with E-state index in [0.29, 0.717) is 25.2 Å². The first-order chi connectivity index (χ1) is 13.1. The van der Waals surface area contributed by atoms with Gasteiger partial charge in [-0.3, -0.25) is 0 Å². The second kappa shape index (κ2) is 10.7. The van der Waals surface area contributed by atoms with E-state index in [2.05, 4.69) is 10.3 Å². The van der Waals surface area contributed by atoms with E-state index in [4.69, 9.17) is 31.4 Å². The highest BCUT2D eigenvalue weighted by Gasteiger charge is 2.13. The van der Waals surface area contributed by atoms with Crippen molar-refractivity contribution >= 4 is 11.7 Å². The summed E-state index contributed by atoms with van der Waals surface area (Å²) in [6.45, 7) is 1.26. The van der Waals surface area contributed by atoms with E-state index in [9.17, 15) is 0 Å². The van der Waals surface area contributed by atoms with Crippen molar-refractivity contribution in [1.29, 1.82) is 0 Å². The minimum atomic E-state index is -0.0686. The predicted octanol–water partition coefficient (Wildman–Crippen LogP) is 2.55. The molecule has 0 aliphatic heterocycles. The molecule has 27 heavy (non-hydrogen) atoms. The van der Waals surface area contributed by atoms with Crippen LogP contribution in [0.2, 0.25) is 0 Å². The van der Waals surface area contributed by atoms with Crippen molar-refractivity contribution in [3.8, 4) is 5.75 Å². The Balaban J connectivity index is 1.55. The average Bonchev–Trinajstić information content (AvgIpc) is 2.72. The van der Waals surface area contributed by atoms with Crippen LogP contribution < -0.4 is 16.2 Å². The second-order valence-electron chi connectivity index (χ2n) is 6.10. The maximum Gasteiger partial charge on any atom is 0.170 e. The zero-order valence-electron chi connectivity index (χ0n) is 15.1. The van der Waals surface area contributed by atoms with E-state index >= 15 is 0 Å². The van der Waals surface area contributed by atoms with Gasteiger partial charge in [0, 0.05) is 11.5 Å². The molecular weight excluding hydrogens is 348 g/mol. The van der Waals surface area contributed by atoms with Gasteiger partial charge in [0.15, 0.2) is 5.84 Å². The van der Waals surface area contributed by atoms with Crippen LogP contribution in [0.5, 0.6) is 5.75 Å². The summed E-state index contributed by atoms with van der Waals surface area (Å²) in [5.41, 5.74) is 11.7. The number of amidine groups is 2. The minimum absolute atomic E-state index is 0.0686. The van der Waals surface area contributed by atoms with Crippen molar-refractivity contribution in [2.75, 3.05) is 13.2 Å². The van der Waals surface area contributed by atoms with Crippen molar-refractivity contribution in [2.45, 2.75) is 25.7 Å². The molecule has 0 heterocycles. The number of hydrogen-bond donors (Lipinski definition) is 4. The molecular formula is C19H26N4O4. The van der Waals surface area contributed by atoms with Crippen LogP contribution in [0.15, 0.2) is 58.6 Å². The lowest BCUT2D eigenvalue weighted by molar-refractivity contribution is 0.210. The highest BCUT2D eigenvalue weighted by Crippen LogP contribution is 2.18. The molecule has 0 bridgehead atoms. The molecule has 0 fully saturated rings. The molecule has 1 aromatic rings. The van der Waals surface area contributed by atoms with Crippen LogP contribution in [0.1, 0.15) is 31.2 Å². The van der Waals surface area contributed by atoms with Crippen molar-refractivity contribution in [1.82, 2.24) is 0 Å². The molecule has 0 spiro atoms. The lowest BCUT2D eigenvalue weighted by Gasteiger charge is -2.15. The van der Waals surface area contributed by atoms with Gasteiger partial charge in [0.1, 0.15) is 17.3 Å². The van der Waals surface area contributed by atoms with Gasteiger partial charge in [-0.1, -0.05) is 16.4 Å². The third-order valence-electron chi connectivity index (χ3n) is 4.15. The summed E-state index contributed by atoms with van der Waals surface area (Å²) in [7, 11) is 0. The summed E-state index contributed by atoms with van der Waals surface area (Å²) < 4.78 is 11.4. The first-order valence-electron chi connectivity index (χ1n) is 8.83. The first kappa shape index (κ1) is 20.2. The fourth-order valence-electron chi connectivity index (χ4n) is 2.54. The Kier molecular flexibility index (Phi) is 8.02. The van der Waals surface area contributed by atoms with Crippen LogP contribution in [0.4, 0.5) is 0 Å². The largest absolute Gasteiger partial charge is 0.494 e. The van der Waals surface area contributed by atoms with Crippen LogP contribution in [0, 0.1) is 5.92 Å². The number of oxime groups is 2. The van der Waals surface area contributed by atoms with Gasteiger partial charge in [-0.15, -0.1) is 0 Å². The van der Waals surface area contributed by atoms with Crippen LogP contribution in [-0.4, -0.2) is 35.3 Å². The molecule has 1 atom stereocenters. The fraction of sp³-hybridized carbons (Fsp3) is 0.368. The molecule has 1 unspecified atom stereocenters. The SMILES string of the molecule is N/C(=N\O)c1ccc(OCCCCCOC2=CCC(/C(N)=N/O)C=C2)cc1. The van der Waals surface area contributed by atoms with Gasteiger partial charge in [0.2, 0.25) is 0 Å². The molecule has 0 aromatic heterocycles. The molecule has 0 saturated carbocycles. The molecule has 0 radical (unpaired) electrons. The van der Waals surface area contributed by atoms with Gasteiger partial charge < -0.3 is 31.4 Å². The standard InChI is InChI=1S/C19H26N4O4/c20-18(22-24)14-4-8-16(9-5-14)26-12-2-1-3-13-27-17-10-6-15(7-11-17)19(21)23-25/h4-6,8-11,15,24-25H,1-3,7,12-13H2,(H2,20,22)(H2,21,23). The van der Waals surface area contributed by atoms with Gasteiger partial charge in [-0.2, -0.15) is 0 Å². The van der Waals surface area contributed by atoms with Gasteiger partial charge in [-0.05, 0) is 62.1 Å². The average molecular weight is 374 g/mol. The molecule has 2 rings (SSSR count). The molecule has 0 amide bonds. The van der Waals surface area contributed by atoms with Crippen molar-refractivity contribution in [3.63, 3.8) is 0 Å². The number of nitrogens with two attached hydrogens (primary N) is 2. The maximum atomic E-state index is 8.66. The van der Waals surface area contributed by atoms with Gasteiger partial charge in [0.25, 0.3) is 0 Å². The summed E-state index contributed by atoms with van der Waals surface area (Å²) >= 11 is 0. The van der Waals surface area contributed by atoms with E-state index in [1.165, 1.54) is 0 Å². The second-order valence-corrected chi connectivity index (χ2v) is 6.10. The van der Waals surface area contributed by atoms with Crippen LogP contribution in [0.25, 0.3) is 0 Å². The smallest absolute Gasteiger partial charge is 0.170 e. The lowest BCUT2D eigenvalue weighted by atomic mass is 9.99. The first-order valence-corrected chi connectivity index (χ1v) is 8.83. The van der Waals surface area contributed by atoms with Crippen LogP contribution >= 0.6 is 0 Å². The van der Waals surface area contributed by atoms with Crippen molar-refractivity contribution < 1.29 is 19.9 Å². The minimum Gasteiger partial charge on any atom is -0.494 e. The van der Waals surface area contributed by atoms with Crippen LogP contribution in [-0.2, 0) is 4.74 Å². The Hall–Kier alpha value is -3.16. The Bertz CT molecular complexity index is 711. The third kappa shape index (κ3) is 6.58. The molecule has 1 aliphatic rings. The number of benzene rings is 1. The summed E-state index contributed by atoms with van der Waals surface area (Å²) in [6.07, 6.45) is 9.20. The summed E-state index contributed by atoms with van der Waals surface area (Å²) in [5, 5.41) is 23.3. The van der Waals surface area contributed by atoms with Crippen molar-refractivity contribution in [2.24, 2.45) is 27.7 Å². The zero-order valence-corrected chi connectivity index (χ0v) is 15.1. The van der Waals surface area contributed by atoms with Gasteiger partial charge in [-0.25, -0.2) is 0 Å². The molecule has 8 nitrogen and oxygen atoms in total. The summed E-state index contributed by atoms with van der Waals surface area (Å²) in [5.74, 6) is 1.78. The number of nitrogens with zero attached hydrogens (tertiary/aromatic N) is 2. The monoisotopic (exact) mass is 374 g/mol. The van der Waals surface area contributed by atoms with E-state index in [-0.39, 0.29) is 17.6 Å². The number of unbranched alkanes of at least 4 members (excludes halogenated alkanes) is 2. The molecule has 1 aromatic carbocycles. The molecule has 8 heteroatoms. The zero-order chi connectivity index (χ0) is 19.5. The number of ether oxygens (including phenoxy) is 2. The van der Waals surface area contributed by atoms with E-state index in [1.54, 1.807) is 24.3 Å². The summed E-state index contributed by atoms with van der Waals surface area (Å²) in [6, 6.07) is 7.07. The van der Waals surface area contributed by atoms with Crippen molar-refractivity contribution in [3.05, 3.63) is 53.8 Å². The number of hydrogen-bond acceptors (Lipinski definition) is 6. The molecule has 6 N–H and O–H groups in total. The van der Waals surface area contributed by atoms with Crippen LogP contribution in [0.3, 0.4) is 0 Å². The van der Waals surface area contributed by atoms with Gasteiger partial charge >= 0.3 is 0 Å². The Morgan fingerprint density at radius 1 is 1.00 bits per heavy atom. The number of rotatable bonds is 10. The van der Waals surface area contributed by atoms with E-state index in [1.807, 2.05) is 18.2 Å². The van der Waals surface area contributed by atoms with E-state index in [0.717, 1.165) is 30.8 Å². The summed E-state index contributed by atoms with van der Waals surface area (Å²) in [4.78, 5) is 0. The number of allylic oxidation sites excluding steroid dienone is 2. The quantitative estimate of drug-likeness (QED) is 0.163. The molecule has 1 aliphatic carbocycles. The Morgan fingerprint density at radius 2 is 1.70 bits per heavy atom. The topological polar surface area (TPSA) is 136 Å². The third-order valence-corrected chi connectivity index (χ3v) is 4.15.